The van der Waals surface area contributed by atoms with Crippen molar-refractivity contribution in [3.05, 3.63) is 53.1 Å². The summed E-state index contributed by atoms with van der Waals surface area (Å²) in [6.45, 7) is 2.63. The number of aromatic amines is 1. The predicted molar refractivity (Wildman–Crippen MR) is 137 cm³/mol. The van der Waals surface area contributed by atoms with E-state index in [4.69, 9.17) is 15.2 Å². The molecule has 3 aliphatic rings. The molecule has 10 heteroatoms. The van der Waals surface area contributed by atoms with Crippen molar-refractivity contribution < 1.29 is 18.7 Å². The number of carbonyl (C=O) groups is 1. The number of rotatable bonds is 4. The number of fused-ring (bicyclic) bond motifs is 2. The van der Waals surface area contributed by atoms with Crippen molar-refractivity contribution >= 4 is 23.1 Å². The molecule has 2 saturated heterocycles. The molecule has 3 aromatic rings. The van der Waals surface area contributed by atoms with E-state index in [0.717, 1.165) is 18.5 Å². The summed E-state index contributed by atoms with van der Waals surface area (Å²) in [5, 5.41) is 9.63. The smallest absolute Gasteiger partial charge is 0.255 e. The molecule has 190 valence electrons. The van der Waals surface area contributed by atoms with Crippen LogP contribution in [-0.4, -0.2) is 55.3 Å². The standard InChI is InChI=1S/C27H27FN6O3/c1-36-23-18(28)5-2-6-19(23)33-22-20-24(27(12-30-13-27)14-32-26(20)35)34-21(22)16-9-10-31-25(29)17(16)8-7-15-4-3-11-37-15/h2,5-6,9-10,15,30,33-34H,3-4,11-14H2,1H3,(H2,29,31)(H,32,35)/t15-/m0/s1. The minimum atomic E-state index is -0.515. The van der Waals surface area contributed by atoms with Gasteiger partial charge in [-0.25, -0.2) is 9.37 Å². The number of nitrogens with one attached hydrogen (secondary N) is 4. The molecule has 0 radical (unpaired) electrons. The number of anilines is 3. The molecule has 37 heavy (non-hydrogen) atoms. The maximum atomic E-state index is 14.6. The van der Waals surface area contributed by atoms with E-state index in [1.807, 2.05) is 6.07 Å². The second-order valence-electron chi connectivity index (χ2n) is 9.53. The summed E-state index contributed by atoms with van der Waals surface area (Å²) < 4.78 is 25.5. The second-order valence-corrected chi connectivity index (χ2v) is 9.53. The Bertz CT molecular complexity index is 1450. The lowest BCUT2D eigenvalue weighted by molar-refractivity contribution is 0.0907. The molecule has 1 atom stereocenters. The lowest BCUT2D eigenvalue weighted by atomic mass is 9.74. The molecule has 0 saturated carbocycles. The van der Waals surface area contributed by atoms with Crippen LogP contribution in [0, 0.1) is 17.7 Å². The van der Waals surface area contributed by atoms with Crippen molar-refractivity contribution in [1.29, 1.82) is 0 Å². The van der Waals surface area contributed by atoms with Gasteiger partial charge in [0.25, 0.3) is 5.91 Å². The Morgan fingerprint density at radius 1 is 1.30 bits per heavy atom. The SMILES string of the molecule is COc1c(F)cccc1Nc1c(-c2ccnc(N)c2C#C[C@@H]2CCCO2)[nH]c2c1C(=O)NCC21CNC1. The first-order valence-electron chi connectivity index (χ1n) is 12.2. The zero-order valence-corrected chi connectivity index (χ0v) is 20.3. The Kier molecular flexibility index (Phi) is 5.74. The highest BCUT2D eigenvalue weighted by Gasteiger charge is 2.47. The van der Waals surface area contributed by atoms with Gasteiger partial charge in [0.1, 0.15) is 11.9 Å². The van der Waals surface area contributed by atoms with Crippen LogP contribution < -0.4 is 26.4 Å². The molecule has 1 aromatic carbocycles. The molecule has 2 aromatic heterocycles. The molecule has 0 unspecified atom stereocenters. The van der Waals surface area contributed by atoms with Crippen LogP contribution in [0.5, 0.6) is 5.75 Å². The van der Waals surface area contributed by atoms with E-state index in [1.165, 1.54) is 13.2 Å². The number of nitrogens with two attached hydrogens (primary N) is 1. The van der Waals surface area contributed by atoms with E-state index in [-0.39, 0.29) is 29.0 Å². The highest BCUT2D eigenvalue weighted by atomic mass is 19.1. The molecule has 6 rings (SSSR count). The number of nitrogens with zero attached hydrogens (tertiary/aromatic N) is 1. The largest absolute Gasteiger partial charge is 0.492 e. The number of halogens is 1. The number of benzene rings is 1. The summed E-state index contributed by atoms with van der Waals surface area (Å²) in [5.74, 6) is 5.93. The zero-order valence-electron chi connectivity index (χ0n) is 20.3. The van der Waals surface area contributed by atoms with Gasteiger partial charge in [0.2, 0.25) is 0 Å². The highest BCUT2D eigenvalue weighted by Crippen LogP contribution is 2.45. The van der Waals surface area contributed by atoms with Crippen molar-refractivity contribution in [1.82, 2.24) is 20.6 Å². The van der Waals surface area contributed by atoms with E-state index >= 15 is 0 Å². The molecule has 5 heterocycles. The number of aromatic nitrogens is 2. The number of pyridine rings is 1. The highest BCUT2D eigenvalue weighted by molar-refractivity contribution is 6.07. The number of hydrogen-bond donors (Lipinski definition) is 5. The maximum absolute atomic E-state index is 14.6. The summed E-state index contributed by atoms with van der Waals surface area (Å²) in [7, 11) is 1.40. The number of hydrogen-bond acceptors (Lipinski definition) is 7. The van der Waals surface area contributed by atoms with Crippen molar-refractivity contribution in [3.8, 4) is 28.8 Å². The summed E-state index contributed by atoms with van der Waals surface area (Å²) in [4.78, 5) is 21.1. The van der Waals surface area contributed by atoms with Gasteiger partial charge in [0.15, 0.2) is 11.6 Å². The first-order valence-corrected chi connectivity index (χ1v) is 12.2. The van der Waals surface area contributed by atoms with Crippen molar-refractivity contribution in [2.24, 2.45) is 0 Å². The molecular weight excluding hydrogens is 475 g/mol. The molecule has 9 nitrogen and oxygen atoms in total. The molecule has 1 amide bonds. The first kappa shape index (κ1) is 23.3. The number of H-pyrrole nitrogens is 1. The van der Waals surface area contributed by atoms with Crippen LogP contribution in [-0.2, 0) is 10.2 Å². The third kappa shape index (κ3) is 3.87. The molecule has 6 N–H and O–H groups in total. The van der Waals surface area contributed by atoms with Gasteiger partial charge in [0, 0.05) is 43.7 Å². The average molecular weight is 503 g/mol. The van der Waals surface area contributed by atoms with Crippen molar-refractivity contribution in [2.45, 2.75) is 24.4 Å². The predicted octanol–water partition coefficient (Wildman–Crippen LogP) is 2.67. The summed E-state index contributed by atoms with van der Waals surface area (Å²) in [6.07, 6.45) is 3.27. The minimum absolute atomic E-state index is 0.0484. The summed E-state index contributed by atoms with van der Waals surface area (Å²) in [5.41, 5.74) is 10.0. The van der Waals surface area contributed by atoms with Gasteiger partial charge in [-0.2, -0.15) is 0 Å². The quantitative estimate of drug-likeness (QED) is 0.347. The van der Waals surface area contributed by atoms with Crippen molar-refractivity contribution in [3.63, 3.8) is 0 Å². The van der Waals surface area contributed by atoms with Crippen LogP contribution in [0.25, 0.3) is 11.3 Å². The molecule has 0 aliphatic carbocycles. The van der Waals surface area contributed by atoms with Gasteiger partial charge in [0.05, 0.1) is 40.7 Å². The number of nitrogen functional groups attached to an aromatic ring is 1. The summed E-state index contributed by atoms with van der Waals surface area (Å²) in [6, 6.07) is 6.41. The lowest BCUT2D eigenvalue weighted by Crippen LogP contribution is -2.64. The third-order valence-electron chi connectivity index (χ3n) is 7.24. The Hall–Kier alpha value is -4.07. The van der Waals surface area contributed by atoms with Crippen LogP contribution in [0.4, 0.5) is 21.6 Å². The lowest BCUT2D eigenvalue weighted by Gasteiger charge is -2.45. The topological polar surface area (TPSA) is 126 Å². The molecule has 1 spiro atoms. The van der Waals surface area contributed by atoms with Gasteiger partial charge in [-0.05, 0) is 31.0 Å². The van der Waals surface area contributed by atoms with Crippen LogP contribution in [0.15, 0.2) is 30.5 Å². The van der Waals surface area contributed by atoms with E-state index in [2.05, 4.69) is 37.8 Å². The number of ether oxygens (including phenoxy) is 2. The fourth-order valence-corrected chi connectivity index (χ4v) is 5.22. The number of carbonyl (C=O) groups excluding carboxylic acids is 1. The normalized spacial score (nSPS) is 19.4. The summed E-state index contributed by atoms with van der Waals surface area (Å²) >= 11 is 0. The van der Waals surface area contributed by atoms with E-state index < -0.39 is 5.82 Å². The monoisotopic (exact) mass is 502 g/mol. The van der Waals surface area contributed by atoms with E-state index in [1.54, 1.807) is 18.3 Å². The van der Waals surface area contributed by atoms with Gasteiger partial charge in [-0.3, -0.25) is 4.79 Å². The second kappa shape index (κ2) is 9.10. The maximum Gasteiger partial charge on any atom is 0.255 e. The Balaban J connectivity index is 1.56. The molecule has 2 fully saturated rings. The van der Waals surface area contributed by atoms with E-state index in [0.29, 0.717) is 60.0 Å². The Labute approximate surface area is 213 Å². The minimum Gasteiger partial charge on any atom is -0.492 e. The Morgan fingerprint density at radius 2 is 2.16 bits per heavy atom. The van der Waals surface area contributed by atoms with Crippen LogP contribution in [0.2, 0.25) is 0 Å². The number of para-hydroxylation sites is 1. The molecule has 0 bridgehead atoms. The number of amides is 1. The molecular formula is C27H27FN6O3. The fourth-order valence-electron chi connectivity index (χ4n) is 5.22. The van der Waals surface area contributed by atoms with Gasteiger partial charge >= 0.3 is 0 Å². The number of methoxy groups -OCH3 is 1. The first-order chi connectivity index (χ1) is 18.0. The fraction of sp³-hybridized carbons (Fsp3) is 0.333. The van der Waals surface area contributed by atoms with Gasteiger partial charge in [-0.15, -0.1) is 0 Å². The van der Waals surface area contributed by atoms with Gasteiger partial charge < -0.3 is 36.1 Å². The molecule has 3 aliphatic heterocycles. The third-order valence-corrected chi connectivity index (χ3v) is 7.24. The Morgan fingerprint density at radius 3 is 2.89 bits per heavy atom. The zero-order chi connectivity index (χ0) is 25.6. The van der Waals surface area contributed by atoms with Crippen LogP contribution in [0.3, 0.4) is 0 Å². The van der Waals surface area contributed by atoms with Crippen LogP contribution in [0.1, 0.15) is 34.5 Å². The average Bonchev–Trinajstić information content (AvgIpc) is 3.52. The van der Waals surface area contributed by atoms with Gasteiger partial charge in [-0.1, -0.05) is 17.9 Å². The van der Waals surface area contributed by atoms with Crippen molar-refractivity contribution in [2.75, 3.05) is 44.4 Å². The van der Waals surface area contributed by atoms with E-state index in [9.17, 15) is 9.18 Å². The van der Waals surface area contributed by atoms with Crippen LogP contribution >= 0.6 is 0 Å².